The maximum Gasteiger partial charge on any atom is 0.259 e. The van der Waals surface area contributed by atoms with Crippen LogP contribution in [0.5, 0.6) is 0 Å². The topological polar surface area (TPSA) is 20.3 Å². The standard InChI is InChI=1S/C17H20F3NO/c1-10-6-11(8-12(18)7-10)14-5-4-13-9-16(2,17(3,19)20)15(22)21(13)14/h6-8,13-14H,4-5,9H2,1-3H3/t13-,14-,16?/m0/s1. The molecule has 5 heteroatoms. The molecule has 0 aliphatic carbocycles. The van der Waals surface area contributed by atoms with Gasteiger partial charge in [0.25, 0.3) is 5.92 Å². The minimum absolute atomic E-state index is 0.167. The molecule has 2 saturated heterocycles. The third kappa shape index (κ3) is 2.13. The maximum atomic E-state index is 13.9. The fourth-order valence-electron chi connectivity index (χ4n) is 3.89. The number of halogens is 3. The van der Waals surface area contributed by atoms with Gasteiger partial charge in [0, 0.05) is 13.0 Å². The first-order valence-electron chi connectivity index (χ1n) is 7.61. The molecule has 1 amide bonds. The molecular weight excluding hydrogens is 291 g/mol. The zero-order valence-electron chi connectivity index (χ0n) is 13.0. The molecule has 2 aliphatic heterocycles. The molecule has 0 saturated carbocycles. The van der Waals surface area contributed by atoms with E-state index in [1.807, 2.05) is 6.07 Å². The first kappa shape index (κ1) is 15.4. The lowest BCUT2D eigenvalue weighted by molar-refractivity contribution is -0.156. The summed E-state index contributed by atoms with van der Waals surface area (Å²) in [5.41, 5.74) is -0.177. The zero-order valence-corrected chi connectivity index (χ0v) is 13.0. The number of fused-ring (bicyclic) bond motifs is 1. The van der Waals surface area contributed by atoms with Crippen molar-refractivity contribution >= 4 is 5.91 Å². The molecule has 2 heterocycles. The molecule has 0 bridgehead atoms. The van der Waals surface area contributed by atoms with E-state index in [0.717, 1.165) is 12.5 Å². The van der Waals surface area contributed by atoms with Crippen LogP contribution >= 0.6 is 0 Å². The molecule has 0 aromatic heterocycles. The number of alkyl halides is 2. The van der Waals surface area contributed by atoms with E-state index in [0.29, 0.717) is 18.4 Å². The summed E-state index contributed by atoms with van der Waals surface area (Å²) in [6.07, 6.45) is 1.56. The first-order valence-corrected chi connectivity index (χ1v) is 7.61. The van der Waals surface area contributed by atoms with Crippen LogP contribution in [0.4, 0.5) is 13.2 Å². The van der Waals surface area contributed by atoms with Crippen molar-refractivity contribution in [1.29, 1.82) is 0 Å². The van der Waals surface area contributed by atoms with E-state index < -0.39 is 17.2 Å². The molecule has 1 aromatic carbocycles. The lowest BCUT2D eigenvalue weighted by Gasteiger charge is -2.31. The van der Waals surface area contributed by atoms with E-state index in [9.17, 15) is 18.0 Å². The number of carbonyl (C=O) groups is 1. The van der Waals surface area contributed by atoms with Crippen molar-refractivity contribution in [3.63, 3.8) is 0 Å². The van der Waals surface area contributed by atoms with Gasteiger partial charge in [0.1, 0.15) is 11.2 Å². The van der Waals surface area contributed by atoms with Crippen molar-refractivity contribution in [1.82, 2.24) is 4.90 Å². The summed E-state index contributed by atoms with van der Waals surface area (Å²) in [5.74, 6) is -3.92. The Kier molecular flexibility index (Phi) is 3.31. The average Bonchev–Trinajstić information content (AvgIpc) is 2.88. The largest absolute Gasteiger partial charge is 0.332 e. The van der Waals surface area contributed by atoms with Gasteiger partial charge in [-0.15, -0.1) is 0 Å². The van der Waals surface area contributed by atoms with Gasteiger partial charge in [-0.05, 0) is 56.4 Å². The molecule has 22 heavy (non-hydrogen) atoms. The maximum absolute atomic E-state index is 13.9. The van der Waals surface area contributed by atoms with Gasteiger partial charge in [-0.3, -0.25) is 4.79 Å². The molecular formula is C17H20F3NO. The van der Waals surface area contributed by atoms with Gasteiger partial charge in [-0.2, -0.15) is 0 Å². The van der Waals surface area contributed by atoms with Crippen LogP contribution in [-0.2, 0) is 4.79 Å². The predicted molar refractivity (Wildman–Crippen MR) is 77.1 cm³/mol. The normalized spacial score (nSPS) is 31.7. The molecule has 0 spiro atoms. The summed E-state index contributed by atoms with van der Waals surface area (Å²) in [7, 11) is 0. The summed E-state index contributed by atoms with van der Waals surface area (Å²) in [6, 6.07) is 4.20. The van der Waals surface area contributed by atoms with Crippen LogP contribution in [0.2, 0.25) is 0 Å². The van der Waals surface area contributed by atoms with Gasteiger partial charge in [0.2, 0.25) is 5.91 Å². The second-order valence-electron chi connectivity index (χ2n) is 6.95. The van der Waals surface area contributed by atoms with Crippen LogP contribution in [0.3, 0.4) is 0 Å². The molecule has 1 unspecified atom stereocenters. The molecule has 120 valence electrons. The van der Waals surface area contributed by atoms with Gasteiger partial charge in [0.05, 0.1) is 6.04 Å². The van der Waals surface area contributed by atoms with Crippen molar-refractivity contribution in [2.24, 2.45) is 5.41 Å². The Morgan fingerprint density at radius 3 is 2.55 bits per heavy atom. The molecule has 2 nitrogen and oxygen atoms in total. The van der Waals surface area contributed by atoms with Crippen molar-refractivity contribution in [2.75, 3.05) is 0 Å². The van der Waals surface area contributed by atoms with Crippen molar-refractivity contribution in [3.05, 3.63) is 35.1 Å². The number of carbonyl (C=O) groups excluding carboxylic acids is 1. The summed E-state index contributed by atoms with van der Waals surface area (Å²) in [4.78, 5) is 14.2. The highest BCUT2D eigenvalue weighted by Crippen LogP contribution is 2.54. The first-order chi connectivity index (χ1) is 10.1. The van der Waals surface area contributed by atoms with E-state index in [1.165, 1.54) is 19.1 Å². The number of hydrogen-bond donors (Lipinski definition) is 0. The monoisotopic (exact) mass is 311 g/mol. The van der Waals surface area contributed by atoms with Crippen LogP contribution in [0.1, 0.15) is 50.3 Å². The van der Waals surface area contributed by atoms with E-state index >= 15 is 0 Å². The number of benzene rings is 1. The van der Waals surface area contributed by atoms with Gasteiger partial charge < -0.3 is 4.90 Å². The van der Waals surface area contributed by atoms with Gasteiger partial charge >= 0.3 is 0 Å². The Bertz CT molecular complexity index is 605. The lowest BCUT2D eigenvalue weighted by Crippen LogP contribution is -2.44. The fraction of sp³-hybridized carbons (Fsp3) is 0.588. The predicted octanol–water partition coefficient (Wildman–Crippen LogP) is 4.23. The third-order valence-electron chi connectivity index (χ3n) is 5.27. The van der Waals surface area contributed by atoms with Crippen molar-refractivity contribution in [3.8, 4) is 0 Å². The molecule has 2 aliphatic rings. The molecule has 2 fully saturated rings. The molecule has 1 aromatic rings. The summed E-state index contributed by atoms with van der Waals surface area (Å²) in [6.45, 7) is 3.95. The van der Waals surface area contributed by atoms with E-state index in [4.69, 9.17) is 0 Å². The highest BCUT2D eigenvalue weighted by atomic mass is 19.3. The second kappa shape index (κ2) is 4.74. The average molecular weight is 311 g/mol. The number of aryl methyl sites for hydroxylation is 1. The van der Waals surface area contributed by atoms with Crippen molar-refractivity contribution in [2.45, 2.75) is 58.0 Å². The molecule has 0 N–H and O–H groups in total. The van der Waals surface area contributed by atoms with Gasteiger partial charge in [0.15, 0.2) is 0 Å². The van der Waals surface area contributed by atoms with Crippen molar-refractivity contribution < 1.29 is 18.0 Å². The number of rotatable bonds is 2. The second-order valence-corrected chi connectivity index (χ2v) is 6.95. The summed E-state index contributed by atoms with van der Waals surface area (Å²) >= 11 is 0. The van der Waals surface area contributed by atoms with Gasteiger partial charge in [-0.25, -0.2) is 13.2 Å². The highest BCUT2D eigenvalue weighted by molar-refractivity contribution is 5.87. The van der Waals surface area contributed by atoms with Crippen LogP contribution < -0.4 is 0 Å². The Morgan fingerprint density at radius 1 is 1.27 bits per heavy atom. The van der Waals surface area contributed by atoms with E-state index in [2.05, 4.69) is 0 Å². The van der Waals surface area contributed by atoms with Gasteiger partial charge in [-0.1, -0.05) is 6.07 Å². The lowest BCUT2D eigenvalue weighted by atomic mass is 9.80. The smallest absolute Gasteiger partial charge is 0.259 e. The minimum atomic E-state index is -3.06. The Balaban J connectivity index is 1.97. The van der Waals surface area contributed by atoms with Crippen LogP contribution in [-0.4, -0.2) is 22.8 Å². The van der Waals surface area contributed by atoms with E-state index in [1.54, 1.807) is 11.8 Å². The Morgan fingerprint density at radius 2 is 1.95 bits per heavy atom. The Hall–Kier alpha value is -1.52. The number of hydrogen-bond acceptors (Lipinski definition) is 1. The van der Waals surface area contributed by atoms with E-state index in [-0.39, 0.29) is 24.3 Å². The highest BCUT2D eigenvalue weighted by Gasteiger charge is 2.62. The van der Waals surface area contributed by atoms with Crippen LogP contribution in [0.25, 0.3) is 0 Å². The van der Waals surface area contributed by atoms with Crippen LogP contribution in [0, 0.1) is 18.2 Å². The molecule has 3 rings (SSSR count). The quantitative estimate of drug-likeness (QED) is 0.800. The van der Waals surface area contributed by atoms with Crippen LogP contribution in [0.15, 0.2) is 18.2 Å². The third-order valence-corrected chi connectivity index (χ3v) is 5.27. The SMILES string of the molecule is Cc1cc(F)cc([C@@H]2CC[C@H]3CC(C)(C(C)(F)F)C(=O)N32)c1. The number of nitrogens with zero attached hydrogens (tertiary/aromatic N) is 1. The zero-order chi connectivity index (χ0) is 16.3. The summed E-state index contributed by atoms with van der Waals surface area (Å²) in [5, 5.41) is 0. The minimum Gasteiger partial charge on any atom is -0.332 e. The fourth-order valence-corrected chi connectivity index (χ4v) is 3.89. The number of amides is 1. The molecule has 3 atom stereocenters. The molecule has 0 radical (unpaired) electrons. The Labute approximate surface area is 128 Å². The summed E-state index contributed by atoms with van der Waals surface area (Å²) < 4.78 is 41.5.